The number of ether oxygens (including phenoxy) is 1. The van der Waals surface area contributed by atoms with E-state index >= 15 is 0 Å². The third-order valence-electron chi connectivity index (χ3n) is 7.78. The quantitative estimate of drug-likeness (QED) is 0.717. The summed E-state index contributed by atoms with van der Waals surface area (Å²) in [5.74, 6) is 2.65. The fourth-order valence-corrected chi connectivity index (χ4v) is 6.68. The summed E-state index contributed by atoms with van der Waals surface area (Å²) in [6.07, 6.45) is 8.20. The molecule has 0 atom stereocenters. The second-order valence-corrected chi connectivity index (χ2v) is 11.0. The Morgan fingerprint density at radius 2 is 1.59 bits per heavy atom. The average molecular weight is 436 g/mol. The zero-order chi connectivity index (χ0) is 22.6. The Bertz CT molecular complexity index is 1000. The molecule has 0 unspecified atom stereocenters. The van der Waals surface area contributed by atoms with Crippen molar-refractivity contribution in [1.82, 2.24) is 15.1 Å². The molecule has 4 bridgehead atoms. The minimum absolute atomic E-state index is 0.00942. The first-order valence-corrected chi connectivity index (χ1v) is 11.8. The summed E-state index contributed by atoms with van der Waals surface area (Å²) in [6, 6.07) is 7.43. The lowest BCUT2D eigenvalue weighted by molar-refractivity contribution is -0.0119. The van der Waals surface area contributed by atoms with Crippen molar-refractivity contribution in [2.45, 2.75) is 64.3 Å². The number of nitrogens with one attached hydrogen (secondary N) is 1. The van der Waals surface area contributed by atoms with Crippen LogP contribution in [-0.2, 0) is 10.2 Å². The van der Waals surface area contributed by atoms with Crippen LogP contribution in [0.5, 0.6) is 0 Å². The van der Waals surface area contributed by atoms with E-state index < -0.39 is 0 Å². The molecule has 1 heterocycles. The van der Waals surface area contributed by atoms with Gasteiger partial charge in [-0.25, -0.2) is 9.48 Å². The van der Waals surface area contributed by atoms with E-state index in [1.165, 1.54) is 39.2 Å². The van der Waals surface area contributed by atoms with Crippen molar-refractivity contribution < 1.29 is 14.3 Å². The number of hydrogen-bond donors (Lipinski definition) is 1. The van der Waals surface area contributed by atoms with Gasteiger partial charge in [0.25, 0.3) is 5.91 Å². The van der Waals surface area contributed by atoms with Crippen molar-refractivity contribution in [3.05, 3.63) is 47.3 Å². The molecule has 6 rings (SSSR count). The lowest BCUT2D eigenvalue weighted by atomic mass is 9.54. The molecule has 1 aromatic carbocycles. The third kappa shape index (κ3) is 3.63. The molecule has 0 saturated heterocycles. The summed E-state index contributed by atoms with van der Waals surface area (Å²) in [4.78, 5) is 25.3. The fourth-order valence-electron chi connectivity index (χ4n) is 6.68. The zero-order valence-electron chi connectivity index (χ0n) is 19.4. The van der Waals surface area contributed by atoms with Crippen molar-refractivity contribution in [3.8, 4) is 5.69 Å². The first kappa shape index (κ1) is 21.2. The number of esters is 1. The smallest absolute Gasteiger partial charge is 0.337 e. The van der Waals surface area contributed by atoms with Gasteiger partial charge in [-0.1, -0.05) is 20.8 Å². The van der Waals surface area contributed by atoms with Gasteiger partial charge in [0, 0.05) is 11.5 Å². The molecule has 6 nitrogen and oxygen atoms in total. The minimum Gasteiger partial charge on any atom is -0.465 e. The van der Waals surface area contributed by atoms with E-state index in [-0.39, 0.29) is 17.3 Å². The maximum Gasteiger partial charge on any atom is 0.337 e. The van der Waals surface area contributed by atoms with Crippen LogP contribution in [0.2, 0.25) is 0 Å². The lowest BCUT2D eigenvalue weighted by Gasteiger charge is -2.54. The molecule has 170 valence electrons. The number of nitrogens with zero attached hydrogens (tertiary/aromatic N) is 2. The molecule has 1 N–H and O–H groups in total. The summed E-state index contributed by atoms with van der Waals surface area (Å²) in [5, 5.41) is 8.03. The number of carbonyl (C=O) groups is 2. The van der Waals surface area contributed by atoms with Crippen molar-refractivity contribution >= 4 is 11.9 Å². The minimum atomic E-state index is -0.371. The average Bonchev–Trinajstić information content (AvgIpc) is 3.21. The number of benzene rings is 1. The van der Waals surface area contributed by atoms with Crippen LogP contribution < -0.4 is 5.32 Å². The van der Waals surface area contributed by atoms with Gasteiger partial charge in [0.1, 0.15) is 0 Å². The Balaban J connectivity index is 1.43. The molecule has 4 fully saturated rings. The first-order chi connectivity index (χ1) is 15.2. The Hall–Kier alpha value is -2.63. The van der Waals surface area contributed by atoms with E-state index in [0.29, 0.717) is 29.0 Å². The highest BCUT2D eigenvalue weighted by atomic mass is 16.5. The predicted octanol–water partition coefficient (Wildman–Crippen LogP) is 4.51. The van der Waals surface area contributed by atoms with Gasteiger partial charge in [0.2, 0.25) is 0 Å². The van der Waals surface area contributed by atoms with Gasteiger partial charge >= 0.3 is 5.97 Å². The highest BCUT2D eigenvalue weighted by Gasteiger charge is 2.48. The normalized spacial score (nSPS) is 28.6. The summed E-state index contributed by atoms with van der Waals surface area (Å²) in [6.45, 7) is 6.30. The monoisotopic (exact) mass is 435 g/mol. The standard InChI is InChI=1S/C26H33N3O3/c1-26(2,3)23-21(14-27-29(23)20-7-5-17(6-8-20)25(31)32-4)24(30)28-22-18-10-15-9-16(12-18)13-19(22)11-15/h5-8,14-16,18-19,22H,9-13H2,1-4H3,(H,28,30). The van der Waals surface area contributed by atoms with Crippen molar-refractivity contribution in [3.63, 3.8) is 0 Å². The molecule has 4 saturated carbocycles. The van der Waals surface area contributed by atoms with Crippen LogP contribution in [-0.4, -0.2) is 34.8 Å². The lowest BCUT2D eigenvalue weighted by Crippen LogP contribution is -2.55. The Labute approximate surface area is 189 Å². The van der Waals surface area contributed by atoms with Crippen LogP contribution in [0.4, 0.5) is 0 Å². The summed E-state index contributed by atoms with van der Waals surface area (Å²) in [5.41, 5.74) is 2.54. The van der Waals surface area contributed by atoms with Crippen LogP contribution in [0.1, 0.15) is 79.3 Å². The van der Waals surface area contributed by atoms with Gasteiger partial charge in [-0.15, -0.1) is 0 Å². The fraction of sp³-hybridized carbons (Fsp3) is 0.577. The van der Waals surface area contributed by atoms with Crippen LogP contribution in [0.15, 0.2) is 30.5 Å². The van der Waals surface area contributed by atoms with Gasteiger partial charge in [0.05, 0.1) is 35.8 Å². The molecule has 4 aliphatic carbocycles. The van der Waals surface area contributed by atoms with E-state index in [1.54, 1.807) is 18.3 Å². The van der Waals surface area contributed by atoms with Gasteiger partial charge in [-0.3, -0.25) is 4.79 Å². The topological polar surface area (TPSA) is 73.2 Å². The molecule has 0 spiro atoms. The maximum atomic E-state index is 13.5. The molecule has 4 aliphatic rings. The predicted molar refractivity (Wildman–Crippen MR) is 122 cm³/mol. The SMILES string of the molecule is COC(=O)c1ccc(-n2ncc(C(=O)NC3C4CC5CC(C4)CC3C5)c2C(C)(C)C)cc1. The summed E-state index contributed by atoms with van der Waals surface area (Å²) >= 11 is 0. The summed E-state index contributed by atoms with van der Waals surface area (Å²) < 4.78 is 6.62. The Morgan fingerprint density at radius 3 is 2.12 bits per heavy atom. The number of methoxy groups -OCH3 is 1. The molecule has 32 heavy (non-hydrogen) atoms. The number of aromatic nitrogens is 2. The highest BCUT2D eigenvalue weighted by molar-refractivity contribution is 5.96. The second kappa shape index (κ2) is 7.75. The molecule has 1 aromatic heterocycles. The van der Waals surface area contributed by atoms with E-state index in [4.69, 9.17) is 4.74 Å². The number of rotatable bonds is 4. The van der Waals surface area contributed by atoms with Crippen LogP contribution in [0, 0.1) is 23.7 Å². The number of carbonyl (C=O) groups excluding carboxylic acids is 2. The zero-order valence-corrected chi connectivity index (χ0v) is 19.4. The van der Waals surface area contributed by atoms with E-state index in [0.717, 1.165) is 23.2 Å². The molecule has 6 heteroatoms. The van der Waals surface area contributed by atoms with Crippen molar-refractivity contribution in [1.29, 1.82) is 0 Å². The molecular formula is C26H33N3O3. The van der Waals surface area contributed by atoms with E-state index in [1.807, 2.05) is 16.8 Å². The summed E-state index contributed by atoms with van der Waals surface area (Å²) in [7, 11) is 1.37. The third-order valence-corrected chi connectivity index (χ3v) is 7.78. The van der Waals surface area contributed by atoms with Gasteiger partial charge in [0.15, 0.2) is 0 Å². The molecular weight excluding hydrogens is 402 g/mol. The van der Waals surface area contributed by atoms with Crippen LogP contribution in [0.25, 0.3) is 5.69 Å². The number of amides is 1. The van der Waals surface area contributed by atoms with Gasteiger partial charge < -0.3 is 10.1 Å². The van der Waals surface area contributed by atoms with Crippen LogP contribution in [0.3, 0.4) is 0 Å². The van der Waals surface area contributed by atoms with Crippen molar-refractivity contribution in [2.75, 3.05) is 7.11 Å². The largest absolute Gasteiger partial charge is 0.465 e. The molecule has 1 amide bonds. The first-order valence-electron chi connectivity index (χ1n) is 11.8. The highest BCUT2D eigenvalue weighted by Crippen LogP contribution is 2.53. The van der Waals surface area contributed by atoms with E-state index in [2.05, 4.69) is 31.2 Å². The van der Waals surface area contributed by atoms with Gasteiger partial charge in [-0.2, -0.15) is 5.10 Å². The van der Waals surface area contributed by atoms with E-state index in [9.17, 15) is 9.59 Å². The van der Waals surface area contributed by atoms with Gasteiger partial charge in [-0.05, 0) is 80.0 Å². The molecule has 0 aliphatic heterocycles. The van der Waals surface area contributed by atoms with Crippen molar-refractivity contribution in [2.24, 2.45) is 23.7 Å². The molecule has 0 radical (unpaired) electrons. The molecule has 2 aromatic rings. The van der Waals surface area contributed by atoms with Crippen LogP contribution >= 0.6 is 0 Å². The second-order valence-electron chi connectivity index (χ2n) is 11.0. The Morgan fingerprint density at radius 1 is 1.00 bits per heavy atom. The Kier molecular flexibility index (Phi) is 5.14. The number of hydrogen-bond acceptors (Lipinski definition) is 4. The maximum absolute atomic E-state index is 13.5.